The molecule has 0 spiro atoms. The highest BCUT2D eigenvalue weighted by molar-refractivity contribution is 5.95. The van der Waals surface area contributed by atoms with Crippen LogP contribution >= 0.6 is 0 Å². The van der Waals surface area contributed by atoms with Crippen molar-refractivity contribution in [3.63, 3.8) is 0 Å². The summed E-state index contributed by atoms with van der Waals surface area (Å²) >= 11 is 0. The number of carbonyl (C=O) groups is 1. The number of methoxy groups -OCH3 is 1. The molecule has 1 aromatic carbocycles. The van der Waals surface area contributed by atoms with Crippen molar-refractivity contribution in [3.05, 3.63) is 42.6 Å². The SMILES string of the molecule is COc1cc(Nc2ncc3c(n2)N(C)CCOCCC(=O)N3C)ccc1-n1cnc(C)c1. The molecule has 0 atom stereocenters. The highest BCUT2D eigenvalue weighted by atomic mass is 16.5. The molecule has 3 heterocycles. The lowest BCUT2D eigenvalue weighted by Gasteiger charge is -2.27. The van der Waals surface area contributed by atoms with Crippen LogP contribution in [0.25, 0.3) is 5.69 Å². The van der Waals surface area contributed by atoms with Crippen molar-refractivity contribution < 1.29 is 14.3 Å². The molecule has 0 aliphatic carbocycles. The first-order valence-electron chi connectivity index (χ1n) is 10.3. The van der Waals surface area contributed by atoms with E-state index in [2.05, 4.69) is 20.3 Å². The van der Waals surface area contributed by atoms with Crippen molar-refractivity contribution in [2.75, 3.05) is 56.1 Å². The quantitative estimate of drug-likeness (QED) is 0.665. The Hall–Kier alpha value is -3.66. The molecule has 32 heavy (non-hydrogen) atoms. The Bertz CT molecular complexity index is 1110. The number of fused-ring (bicyclic) bond motifs is 1. The van der Waals surface area contributed by atoms with Gasteiger partial charge in [-0.25, -0.2) is 9.97 Å². The van der Waals surface area contributed by atoms with Crippen LogP contribution in [-0.2, 0) is 9.53 Å². The summed E-state index contributed by atoms with van der Waals surface area (Å²) in [6, 6.07) is 5.75. The summed E-state index contributed by atoms with van der Waals surface area (Å²) in [6.07, 6.45) is 5.68. The number of carbonyl (C=O) groups excluding carboxylic acids is 1. The van der Waals surface area contributed by atoms with Crippen LogP contribution in [0.15, 0.2) is 36.9 Å². The van der Waals surface area contributed by atoms with E-state index in [1.165, 1.54) is 0 Å². The topological polar surface area (TPSA) is 97.6 Å². The number of aryl methyl sites for hydroxylation is 1. The van der Waals surface area contributed by atoms with Gasteiger partial charge in [0.1, 0.15) is 11.4 Å². The molecule has 0 unspecified atom stereocenters. The Morgan fingerprint density at radius 2 is 2.00 bits per heavy atom. The summed E-state index contributed by atoms with van der Waals surface area (Å²) in [4.78, 5) is 29.4. The molecule has 1 aliphatic rings. The molecule has 0 radical (unpaired) electrons. The maximum absolute atomic E-state index is 12.4. The molecule has 1 aliphatic heterocycles. The Kier molecular flexibility index (Phi) is 6.22. The van der Waals surface area contributed by atoms with E-state index in [1.807, 2.05) is 47.8 Å². The predicted octanol–water partition coefficient (Wildman–Crippen LogP) is 2.54. The second-order valence-electron chi connectivity index (χ2n) is 7.57. The van der Waals surface area contributed by atoms with Gasteiger partial charge in [-0.15, -0.1) is 0 Å². The van der Waals surface area contributed by atoms with Crippen LogP contribution in [-0.4, -0.2) is 66.4 Å². The van der Waals surface area contributed by atoms with E-state index in [1.54, 1.807) is 31.6 Å². The number of anilines is 4. The summed E-state index contributed by atoms with van der Waals surface area (Å²) < 4.78 is 13.0. The average Bonchev–Trinajstić information content (AvgIpc) is 3.23. The van der Waals surface area contributed by atoms with Gasteiger partial charge in [-0.2, -0.15) is 4.98 Å². The zero-order valence-corrected chi connectivity index (χ0v) is 18.7. The third kappa shape index (κ3) is 4.50. The summed E-state index contributed by atoms with van der Waals surface area (Å²) in [5.74, 6) is 1.72. The van der Waals surface area contributed by atoms with Gasteiger partial charge in [0, 0.05) is 38.6 Å². The summed E-state index contributed by atoms with van der Waals surface area (Å²) in [5, 5.41) is 3.23. The Labute approximate surface area is 186 Å². The fraction of sp³-hybridized carbons (Fsp3) is 0.364. The van der Waals surface area contributed by atoms with Gasteiger partial charge in [-0.1, -0.05) is 0 Å². The number of benzene rings is 1. The summed E-state index contributed by atoms with van der Waals surface area (Å²) in [7, 11) is 5.28. The van der Waals surface area contributed by atoms with Crippen molar-refractivity contribution in [2.24, 2.45) is 0 Å². The number of nitrogens with one attached hydrogen (secondary N) is 1. The number of rotatable bonds is 4. The maximum atomic E-state index is 12.4. The molecule has 4 rings (SSSR count). The van der Waals surface area contributed by atoms with Gasteiger partial charge in [0.2, 0.25) is 11.9 Å². The van der Waals surface area contributed by atoms with E-state index < -0.39 is 0 Å². The smallest absolute Gasteiger partial charge is 0.229 e. The minimum absolute atomic E-state index is 0.0408. The van der Waals surface area contributed by atoms with Crippen molar-refractivity contribution in [3.8, 4) is 11.4 Å². The molecule has 0 fully saturated rings. The van der Waals surface area contributed by atoms with Gasteiger partial charge >= 0.3 is 0 Å². The number of imidazole rings is 1. The van der Waals surface area contributed by atoms with Crippen molar-refractivity contribution >= 4 is 29.0 Å². The van der Waals surface area contributed by atoms with Gasteiger partial charge in [0.05, 0.1) is 50.6 Å². The van der Waals surface area contributed by atoms with Gasteiger partial charge < -0.3 is 29.2 Å². The number of amides is 1. The number of aromatic nitrogens is 4. The first-order chi connectivity index (χ1) is 15.5. The normalized spacial score (nSPS) is 14.8. The molecule has 0 saturated carbocycles. The van der Waals surface area contributed by atoms with Crippen molar-refractivity contribution in [1.29, 1.82) is 0 Å². The minimum Gasteiger partial charge on any atom is -0.494 e. The van der Waals surface area contributed by atoms with E-state index in [0.29, 0.717) is 49.4 Å². The van der Waals surface area contributed by atoms with E-state index >= 15 is 0 Å². The van der Waals surface area contributed by atoms with Crippen molar-refractivity contribution in [2.45, 2.75) is 13.3 Å². The number of ether oxygens (including phenoxy) is 2. The van der Waals surface area contributed by atoms with Crippen LogP contribution in [0.1, 0.15) is 12.1 Å². The van der Waals surface area contributed by atoms with Gasteiger partial charge in [0.25, 0.3) is 0 Å². The zero-order chi connectivity index (χ0) is 22.7. The maximum Gasteiger partial charge on any atom is 0.229 e. The van der Waals surface area contributed by atoms with E-state index in [9.17, 15) is 4.79 Å². The molecule has 10 nitrogen and oxygen atoms in total. The standard InChI is InChI=1S/C22H27N7O3/c1-15-13-29(14-24-15)17-6-5-16(11-19(17)31-4)25-22-23-12-18-21(26-22)27(2)8-10-32-9-7-20(30)28(18)3/h5-6,11-14H,7-10H2,1-4H3,(H,23,25,26). The minimum atomic E-state index is -0.0408. The number of hydrogen-bond donors (Lipinski definition) is 1. The molecule has 10 heteroatoms. The van der Waals surface area contributed by atoms with Crippen LogP contribution in [0, 0.1) is 6.92 Å². The Morgan fingerprint density at radius 1 is 1.16 bits per heavy atom. The molecule has 168 valence electrons. The van der Waals surface area contributed by atoms with E-state index in [0.717, 1.165) is 17.1 Å². The predicted molar refractivity (Wildman–Crippen MR) is 122 cm³/mol. The third-order valence-corrected chi connectivity index (χ3v) is 5.30. The fourth-order valence-corrected chi connectivity index (χ4v) is 3.47. The Morgan fingerprint density at radius 3 is 2.75 bits per heavy atom. The van der Waals surface area contributed by atoms with Crippen molar-refractivity contribution in [1.82, 2.24) is 19.5 Å². The second-order valence-corrected chi connectivity index (χ2v) is 7.57. The Balaban J connectivity index is 1.63. The number of hydrogen-bond acceptors (Lipinski definition) is 8. The lowest BCUT2D eigenvalue weighted by molar-refractivity contribution is -0.119. The highest BCUT2D eigenvalue weighted by Crippen LogP contribution is 2.30. The zero-order valence-electron chi connectivity index (χ0n) is 18.7. The summed E-state index contributed by atoms with van der Waals surface area (Å²) in [5.41, 5.74) is 3.24. The average molecular weight is 438 g/mol. The second kappa shape index (κ2) is 9.23. The third-order valence-electron chi connectivity index (χ3n) is 5.30. The lowest BCUT2D eigenvalue weighted by Crippen LogP contribution is -2.33. The first kappa shape index (κ1) is 21.6. The fourth-order valence-electron chi connectivity index (χ4n) is 3.47. The van der Waals surface area contributed by atoms with E-state index in [-0.39, 0.29) is 5.91 Å². The van der Waals surface area contributed by atoms with Crippen LogP contribution in [0.4, 0.5) is 23.1 Å². The van der Waals surface area contributed by atoms with Crippen LogP contribution < -0.4 is 19.9 Å². The molecular weight excluding hydrogens is 410 g/mol. The molecule has 0 saturated heterocycles. The lowest BCUT2D eigenvalue weighted by atomic mass is 10.2. The molecule has 3 aromatic rings. The van der Waals surface area contributed by atoms with Crippen LogP contribution in [0.2, 0.25) is 0 Å². The highest BCUT2D eigenvalue weighted by Gasteiger charge is 2.21. The van der Waals surface area contributed by atoms with Gasteiger partial charge in [0.15, 0.2) is 5.82 Å². The first-order valence-corrected chi connectivity index (χ1v) is 10.3. The van der Waals surface area contributed by atoms with Gasteiger partial charge in [-0.05, 0) is 19.1 Å². The molecule has 1 N–H and O–H groups in total. The van der Waals surface area contributed by atoms with E-state index in [4.69, 9.17) is 9.47 Å². The number of likely N-dealkylation sites (N-methyl/N-ethyl adjacent to an activating group) is 1. The number of nitrogens with zero attached hydrogens (tertiary/aromatic N) is 6. The molecule has 0 bridgehead atoms. The molecular formula is C22H27N7O3. The van der Waals surface area contributed by atoms with Crippen LogP contribution in [0.3, 0.4) is 0 Å². The summed E-state index contributed by atoms with van der Waals surface area (Å²) in [6.45, 7) is 3.52. The largest absolute Gasteiger partial charge is 0.494 e. The van der Waals surface area contributed by atoms with Gasteiger partial charge in [-0.3, -0.25) is 4.79 Å². The molecule has 2 aromatic heterocycles. The molecule has 1 amide bonds. The monoisotopic (exact) mass is 437 g/mol. The van der Waals surface area contributed by atoms with Crippen LogP contribution in [0.5, 0.6) is 5.75 Å².